The lowest BCUT2D eigenvalue weighted by Gasteiger charge is -2.33. The molecule has 3 aromatic carbocycles. The topological polar surface area (TPSA) is 18.5 Å². The van der Waals surface area contributed by atoms with E-state index in [-0.39, 0.29) is 0 Å². The van der Waals surface area contributed by atoms with Crippen molar-refractivity contribution in [1.29, 1.82) is 0 Å². The standard InChI is InChI=1S/C40H52O2/c1-3-5-7-9-11-16-32-41-40(42-33-17-12-10-8-6-4-2)30-28-39(29-31-40)38-26-24-37(25-27-38)36-22-20-35(21-23-36)34-18-14-13-15-19-34/h13-15,18-30H,3-12,16-17,31-33H2,1-2H3. The average molecular weight is 565 g/mol. The zero-order chi connectivity index (χ0) is 29.3. The number of hydrogen-bond donors (Lipinski definition) is 0. The highest BCUT2D eigenvalue weighted by molar-refractivity contribution is 5.77. The van der Waals surface area contributed by atoms with Crippen molar-refractivity contribution >= 4 is 5.57 Å². The van der Waals surface area contributed by atoms with Gasteiger partial charge in [-0.25, -0.2) is 0 Å². The Labute approximate surface area is 255 Å². The van der Waals surface area contributed by atoms with Gasteiger partial charge in [0.05, 0.1) is 13.2 Å². The van der Waals surface area contributed by atoms with Crippen LogP contribution < -0.4 is 0 Å². The third-order valence-electron chi connectivity index (χ3n) is 8.36. The van der Waals surface area contributed by atoms with E-state index in [1.807, 2.05) is 0 Å². The maximum absolute atomic E-state index is 6.47. The van der Waals surface area contributed by atoms with Crippen LogP contribution in [-0.2, 0) is 9.47 Å². The predicted molar refractivity (Wildman–Crippen MR) is 180 cm³/mol. The van der Waals surface area contributed by atoms with Crippen molar-refractivity contribution in [2.24, 2.45) is 0 Å². The molecule has 0 N–H and O–H groups in total. The molecule has 1 aliphatic carbocycles. The second-order valence-electron chi connectivity index (χ2n) is 11.8. The number of benzene rings is 3. The van der Waals surface area contributed by atoms with Crippen molar-refractivity contribution in [2.45, 2.75) is 103 Å². The van der Waals surface area contributed by atoms with E-state index in [1.165, 1.54) is 97.6 Å². The molecule has 42 heavy (non-hydrogen) atoms. The molecule has 0 aliphatic heterocycles. The molecular weight excluding hydrogens is 512 g/mol. The largest absolute Gasteiger partial charge is 0.346 e. The van der Waals surface area contributed by atoms with Gasteiger partial charge in [-0.05, 0) is 52.3 Å². The number of unbranched alkanes of at least 4 members (excludes halogenated alkanes) is 10. The molecule has 3 aromatic rings. The Morgan fingerprint density at radius 2 is 0.929 bits per heavy atom. The summed E-state index contributed by atoms with van der Waals surface area (Å²) in [5.41, 5.74) is 7.43. The van der Waals surface area contributed by atoms with E-state index in [0.717, 1.165) is 32.5 Å². The zero-order valence-corrected chi connectivity index (χ0v) is 26.2. The summed E-state index contributed by atoms with van der Waals surface area (Å²) < 4.78 is 12.9. The van der Waals surface area contributed by atoms with Crippen LogP contribution in [0.1, 0.15) is 103 Å². The van der Waals surface area contributed by atoms with Gasteiger partial charge in [-0.3, -0.25) is 0 Å². The molecule has 0 aromatic heterocycles. The molecule has 4 rings (SSSR count). The number of ether oxygens (including phenoxy) is 2. The SMILES string of the molecule is CCCCCCCCOC1(OCCCCCCCC)C=CC(c2ccc(-c3ccc(-c4ccccc4)cc3)cc2)=CC1. The molecule has 0 spiro atoms. The summed E-state index contributed by atoms with van der Waals surface area (Å²) in [4.78, 5) is 0. The van der Waals surface area contributed by atoms with E-state index < -0.39 is 5.79 Å². The lowest BCUT2D eigenvalue weighted by atomic mass is 9.94. The molecule has 0 saturated carbocycles. The first-order valence-electron chi connectivity index (χ1n) is 16.7. The fraction of sp³-hybridized carbons (Fsp3) is 0.450. The highest BCUT2D eigenvalue weighted by Gasteiger charge is 2.30. The number of allylic oxidation sites excluding steroid dienone is 2. The van der Waals surface area contributed by atoms with Crippen LogP contribution in [0.25, 0.3) is 27.8 Å². The first-order valence-corrected chi connectivity index (χ1v) is 16.7. The van der Waals surface area contributed by atoms with E-state index in [4.69, 9.17) is 9.47 Å². The van der Waals surface area contributed by atoms with Gasteiger partial charge in [-0.2, -0.15) is 0 Å². The smallest absolute Gasteiger partial charge is 0.191 e. The zero-order valence-electron chi connectivity index (χ0n) is 26.2. The monoisotopic (exact) mass is 564 g/mol. The highest BCUT2D eigenvalue weighted by atomic mass is 16.7. The Morgan fingerprint density at radius 3 is 1.38 bits per heavy atom. The van der Waals surface area contributed by atoms with E-state index in [0.29, 0.717) is 0 Å². The average Bonchev–Trinajstić information content (AvgIpc) is 3.05. The lowest BCUT2D eigenvalue weighted by molar-refractivity contribution is -0.203. The molecule has 0 fully saturated rings. The maximum Gasteiger partial charge on any atom is 0.191 e. The summed E-state index contributed by atoms with van der Waals surface area (Å²) in [6.45, 7) is 6.05. The molecule has 0 radical (unpaired) electrons. The minimum absolute atomic E-state index is 0.628. The van der Waals surface area contributed by atoms with Gasteiger partial charge in [0, 0.05) is 6.42 Å². The molecule has 2 nitrogen and oxygen atoms in total. The Bertz CT molecular complexity index is 1190. The van der Waals surface area contributed by atoms with Crippen LogP contribution in [0.15, 0.2) is 97.1 Å². The van der Waals surface area contributed by atoms with E-state index in [2.05, 4.69) is 111 Å². The Kier molecular flexibility index (Phi) is 13.6. The van der Waals surface area contributed by atoms with Crippen molar-refractivity contribution < 1.29 is 9.47 Å². The fourth-order valence-corrected chi connectivity index (χ4v) is 5.67. The molecule has 0 unspecified atom stereocenters. The lowest BCUT2D eigenvalue weighted by Crippen LogP contribution is -2.35. The van der Waals surface area contributed by atoms with Gasteiger partial charge in [0.1, 0.15) is 0 Å². The third kappa shape index (κ3) is 10.1. The summed E-state index contributed by atoms with van der Waals surface area (Å²) in [6.07, 6.45) is 22.6. The van der Waals surface area contributed by atoms with Crippen LogP contribution in [0.5, 0.6) is 0 Å². The van der Waals surface area contributed by atoms with Crippen LogP contribution in [0, 0.1) is 0 Å². The third-order valence-corrected chi connectivity index (χ3v) is 8.36. The molecule has 0 saturated heterocycles. The van der Waals surface area contributed by atoms with Crippen molar-refractivity contribution in [3.63, 3.8) is 0 Å². The van der Waals surface area contributed by atoms with Crippen molar-refractivity contribution in [3.05, 3.63) is 103 Å². The summed E-state index contributed by atoms with van der Waals surface area (Å²) in [6, 6.07) is 28.3. The molecule has 0 heterocycles. The molecule has 224 valence electrons. The molecule has 0 atom stereocenters. The minimum Gasteiger partial charge on any atom is -0.346 e. The summed E-state index contributed by atoms with van der Waals surface area (Å²) >= 11 is 0. The van der Waals surface area contributed by atoms with Crippen molar-refractivity contribution in [2.75, 3.05) is 13.2 Å². The predicted octanol–water partition coefficient (Wildman–Crippen LogP) is 11.8. The van der Waals surface area contributed by atoms with E-state index in [1.54, 1.807) is 0 Å². The van der Waals surface area contributed by atoms with Gasteiger partial charge in [-0.1, -0.05) is 169 Å². The molecular formula is C40H52O2. The van der Waals surface area contributed by atoms with Gasteiger partial charge in [0.25, 0.3) is 0 Å². The quantitative estimate of drug-likeness (QED) is 0.106. The second kappa shape index (κ2) is 17.9. The minimum atomic E-state index is -0.628. The molecule has 2 heteroatoms. The fourth-order valence-electron chi connectivity index (χ4n) is 5.67. The van der Waals surface area contributed by atoms with Crippen LogP contribution in [0.2, 0.25) is 0 Å². The summed E-state index contributed by atoms with van der Waals surface area (Å²) in [5.74, 6) is -0.628. The van der Waals surface area contributed by atoms with Gasteiger partial charge < -0.3 is 9.47 Å². The number of rotatable bonds is 19. The number of hydrogen-bond acceptors (Lipinski definition) is 2. The van der Waals surface area contributed by atoms with E-state index >= 15 is 0 Å². The first-order chi connectivity index (χ1) is 20.7. The van der Waals surface area contributed by atoms with Crippen LogP contribution >= 0.6 is 0 Å². The summed E-state index contributed by atoms with van der Waals surface area (Å²) in [5, 5.41) is 0. The van der Waals surface area contributed by atoms with Crippen molar-refractivity contribution in [1.82, 2.24) is 0 Å². The van der Waals surface area contributed by atoms with Gasteiger partial charge in [-0.15, -0.1) is 0 Å². The van der Waals surface area contributed by atoms with Gasteiger partial charge in [0.2, 0.25) is 0 Å². The molecule has 0 bridgehead atoms. The van der Waals surface area contributed by atoms with Crippen LogP contribution in [0.3, 0.4) is 0 Å². The Morgan fingerprint density at radius 1 is 0.500 bits per heavy atom. The van der Waals surface area contributed by atoms with E-state index in [9.17, 15) is 0 Å². The Balaban J connectivity index is 1.33. The van der Waals surface area contributed by atoms with Gasteiger partial charge >= 0.3 is 0 Å². The first kappa shape index (κ1) is 32.0. The maximum atomic E-state index is 6.47. The van der Waals surface area contributed by atoms with Crippen molar-refractivity contribution in [3.8, 4) is 22.3 Å². The van der Waals surface area contributed by atoms with Crippen LogP contribution in [-0.4, -0.2) is 19.0 Å². The van der Waals surface area contributed by atoms with Gasteiger partial charge in [0.15, 0.2) is 5.79 Å². The molecule has 0 amide bonds. The highest BCUT2D eigenvalue weighted by Crippen LogP contribution is 2.33. The second-order valence-corrected chi connectivity index (χ2v) is 11.8. The summed E-state index contributed by atoms with van der Waals surface area (Å²) in [7, 11) is 0. The normalized spacial score (nSPS) is 14.2. The Hall–Kier alpha value is -2.94. The van der Waals surface area contributed by atoms with Crippen LogP contribution in [0.4, 0.5) is 0 Å². The molecule has 1 aliphatic rings.